The van der Waals surface area contributed by atoms with E-state index in [1.807, 2.05) is 78.9 Å². The topological polar surface area (TPSA) is 148 Å². The van der Waals surface area contributed by atoms with Gasteiger partial charge in [0.1, 0.15) is 35.1 Å². The Labute approximate surface area is 445 Å². The van der Waals surface area contributed by atoms with Crippen LogP contribution in [0, 0.1) is 3.57 Å². The van der Waals surface area contributed by atoms with E-state index >= 15 is 0 Å². The van der Waals surface area contributed by atoms with Gasteiger partial charge in [0.05, 0.1) is 45.2 Å². The first-order chi connectivity index (χ1) is 35.8. The molecule has 0 aliphatic heterocycles. The highest BCUT2D eigenvalue weighted by atomic mass is 127. The number of ether oxygens (including phenoxy) is 6. The maximum Gasteiger partial charge on any atom is 0.328 e. The third-order valence-electron chi connectivity index (χ3n) is 12.6. The van der Waals surface area contributed by atoms with Crippen molar-refractivity contribution in [2.75, 3.05) is 41.7 Å². The lowest BCUT2D eigenvalue weighted by atomic mass is 9.87. The minimum atomic E-state index is -0.860. The first-order valence-corrected chi connectivity index (χ1v) is 25.4. The lowest BCUT2D eigenvalue weighted by molar-refractivity contribution is -0.147. The normalized spacial score (nSPS) is 11.7. The Morgan fingerprint density at radius 1 is 0.500 bits per heavy atom. The van der Waals surface area contributed by atoms with Crippen molar-refractivity contribution in [1.29, 1.82) is 0 Å². The summed E-state index contributed by atoms with van der Waals surface area (Å²) in [6.45, 7) is 10.6. The predicted molar refractivity (Wildman–Crippen MR) is 302 cm³/mol. The second kappa shape index (κ2) is 24.9. The number of esters is 2. The summed E-state index contributed by atoms with van der Waals surface area (Å²) < 4.78 is 35.6. The summed E-state index contributed by atoms with van der Waals surface area (Å²) in [4.78, 5) is 49.4. The van der Waals surface area contributed by atoms with Crippen molar-refractivity contribution in [3.63, 3.8) is 0 Å². The molecule has 0 fully saturated rings. The monoisotopic (exact) mass is 1110 g/mol. The SMILES string of the molecule is C=CCc1cc2ccccc2c(-c2c(OC)c(CC(NC(C)=O)C(=O)OCC)cc3ccccc23)c1OC.CCOC(=O)C(Cc1cc2ccccc2c(-c2c(OC)c(I)cc3ccccc23)c1OC)NC(C)=O. The van der Waals surface area contributed by atoms with E-state index in [0.29, 0.717) is 17.9 Å². The number of halogens is 1. The van der Waals surface area contributed by atoms with Crippen LogP contribution in [0.3, 0.4) is 0 Å². The van der Waals surface area contributed by atoms with Gasteiger partial charge in [0.25, 0.3) is 0 Å². The van der Waals surface area contributed by atoms with Crippen LogP contribution in [0.1, 0.15) is 44.4 Å². The van der Waals surface area contributed by atoms with Crippen molar-refractivity contribution < 1.29 is 47.6 Å². The molecule has 382 valence electrons. The molecule has 12 nitrogen and oxygen atoms in total. The smallest absolute Gasteiger partial charge is 0.328 e. The Morgan fingerprint density at radius 3 is 1.14 bits per heavy atom. The zero-order valence-electron chi connectivity index (χ0n) is 43.0. The Hall–Kier alpha value is -7.65. The van der Waals surface area contributed by atoms with Gasteiger partial charge in [0, 0.05) is 48.9 Å². The molecule has 2 N–H and O–H groups in total. The van der Waals surface area contributed by atoms with Gasteiger partial charge in [-0.05, 0) is 127 Å². The molecule has 0 saturated carbocycles. The number of rotatable bonds is 18. The molecule has 13 heteroatoms. The molecule has 0 heterocycles. The van der Waals surface area contributed by atoms with Crippen molar-refractivity contribution in [2.45, 2.75) is 59.0 Å². The highest BCUT2D eigenvalue weighted by molar-refractivity contribution is 14.1. The van der Waals surface area contributed by atoms with Crippen molar-refractivity contribution in [3.05, 3.63) is 154 Å². The summed E-state index contributed by atoms with van der Waals surface area (Å²) in [5.41, 5.74) is 6.13. The number of fused-ring (bicyclic) bond motifs is 4. The van der Waals surface area contributed by atoms with Crippen LogP contribution in [0.25, 0.3) is 65.3 Å². The lowest BCUT2D eigenvalue weighted by Gasteiger charge is -2.23. The second-order valence-corrected chi connectivity index (χ2v) is 18.6. The number of allylic oxidation sites excluding steroid dienone is 1. The molecule has 8 aromatic rings. The molecule has 74 heavy (non-hydrogen) atoms. The van der Waals surface area contributed by atoms with Crippen LogP contribution in [0.15, 0.2) is 134 Å². The number of hydrogen-bond donors (Lipinski definition) is 2. The van der Waals surface area contributed by atoms with Gasteiger partial charge in [0.2, 0.25) is 11.8 Å². The van der Waals surface area contributed by atoms with Gasteiger partial charge in [-0.1, -0.05) is 103 Å². The summed E-state index contributed by atoms with van der Waals surface area (Å²) in [5, 5.41) is 13.6. The second-order valence-electron chi connectivity index (χ2n) is 17.4. The number of carbonyl (C=O) groups is 4. The zero-order valence-corrected chi connectivity index (χ0v) is 45.1. The largest absolute Gasteiger partial charge is 0.496 e. The Morgan fingerprint density at radius 2 is 0.811 bits per heavy atom. The lowest BCUT2D eigenvalue weighted by Crippen LogP contribution is -2.42. The number of nitrogens with one attached hydrogen (secondary N) is 2. The van der Waals surface area contributed by atoms with Crippen molar-refractivity contribution in [2.24, 2.45) is 0 Å². The van der Waals surface area contributed by atoms with Gasteiger partial charge in [-0.2, -0.15) is 0 Å². The first kappa shape index (κ1) is 54.1. The zero-order chi connectivity index (χ0) is 53.1. The number of methoxy groups -OCH3 is 4. The van der Waals surface area contributed by atoms with Crippen molar-refractivity contribution in [1.82, 2.24) is 10.6 Å². The van der Waals surface area contributed by atoms with Gasteiger partial charge in [-0.25, -0.2) is 9.59 Å². The molecule has 0 bridgehead atoms. The van der Waals surface area contributed by atoms with E-state index in [0.717, 1.165) is 97.1 Å². The summed E-state index contributed by atoms with van der Waals surface area (Å²) in [7, 11) is 6.59. The highest BCUT2D eigenvalue weighted by Crippen LogP contribution is 2.50. The van der Waals surface area contributed by atoms with E-state index in [2.05, 4.69) is 88.3 Å². The Kier molecular flexibility index (Phi) is 18.2. The molecule has 8 aromatic carbocycles. The van der Waals surface area contributed by atoms with Crippen molar-refractivity contribution in [3.8, 4) is 45.3 Å². The molecule has 0 radical (unpaired) electrons. The molecule has 2 atom stereocenters. The van der Waals surface area contributed by atoms with Gasteiger partial charge in [-0.3, -0.25) is 9.59 Å². The van der Waals surface area contributed by atoms with E-state index in [-0.39, 0.29) is 37.9 Å². The van der Waals surface area contributed by atoms with Gasteiger partial charge < -0.3 is 39.1 Å². The summed E-state index contributed by atoms with van der Waals surface area (Å²) in [6, 6.07) is 39.0. The van der Waals surface area contributed by atoms with Crippen LogP contribution >= 0.6 is 22.6 Å². The molecule has 0 saturated heterocycles. The van der Waals surface area contributed by atoms with E-state index in [1.165, 1.54) is 13.8 Å². The third-order valence-corrected chi connectivity index (χ3v) is 13.4. The van der Waals surface area contributed by atoms with Crippen LogP contribution < -0.4 is 29.6 Å². The van der Waals surface area contributed by atoms with Crippen LogP contribution in [0.5, 0.6) is 23.0 Å². The minimum absolute atomic E-state index is 0.200. The molecule has 8 rings (SSSR count). The fraction of sp³-hybridized carbons (Fsp3) is 0.246. The molecular formula is C61H61IN2O10. The average Bonchev–Trinajstić information content (AvgIpc) is 3.39. The first-order valence-electron chi connectivity index (χ1n) is 24.3. The maximum absolute atomic E-state index is 12.8. The van der Waals surface area contributed by atoms with E-state index in [1.54, 1.807) is 42.3 Å². The molecule has 2 amide bonds. The maximum atomic E-state index is 12.8. The van der Waals surface area contributed by atoms with Crippen LogP contribution in [-0.4, -0.2) is 77.5 Å². The molecular weight excluding hydrogens is 1050 g/mol. The number of benzene rings is 8. The van der Waals surface area contributed by atoms with E-state index in [9.17, 15) is 19.2 Å². The third kappa shape index (κ3) is 11.6. The summed E-state index contributed by atoms with van der Waals surface area (Å²) >= 11 is 2.29. The number of carbonyl (C=O) groups excluding carboxylic acids is 4. The van der Waals surface area contributed by atoms with Crippen LogP contribution in [0.2, 0.25) is 0 Å². The van der Waals surface area contributed by atoms with Crippen molar-refractivity contribution >= 4 is 89.4 Å². The Bertz CT molecular complexity index is 3410. The molecule has 0 aromatic heterocycles. The average molecular weight is 1110 g/mol. The standard InChI is InChI=1S/C32H33NO5.C29H28INO5/c1-6-12-23-17-21-13-8-10-15-25(21)28(30(23)36-4)29-26-16-11-9-14-22(26)18-24(31(29)37-5)19-27(33-20(3)34)32(35)38-7-2;1-5-36-29(33)24(31-17(2)32)16-20-14-18-10-6-8-12-21(18)25(27(20)34-3)26-22-13-9-7-11-19(22)15-23(30)28(26)35-4/h6,8-11,13-18,27H,1,7,12,19H2,2-5H3,(H,33,34);6-15,24H,5,16H2,1-4H3,(H,31,32). The molecule has 2 unspecified atom stereocenters. The van der Waals surface area contributed by atoms with E-state index in [4.69, 9.17) is 28.4 Å². The van der Waals surface area contributed by atoms with Gasteiger partial charge in [-0.15, -0.1) is 6.58 Å². The minimum Gasteiger partial charge on any atom is -0.496 e. The molecule has 0 aliphatic carbocycles. The van der Waals surface area contributed by atoms with Gasteiger partial charge in [0.15, 0.2) is 0 Å². The fourth-order valence-corrected chi connectivity index (χ4v) is 10.6. The van der Waals surface area contributed by atoms with Gasteiger partial charge >= 0.3 is 11.9 Å². The number of amides is 2. The quantitative estimate of drug-likeness (QED) is 0.0483. The van der Waals surface area contributed by atoms with Crippen LogP contribution in [-0.2, 0) is 47.9 Å². The Balaban J connectivity index is 0.000000217. The summed E-state index contributed by atoms with van der Waals surface area (Å²) in [5.74, 6) is 1.14. The molecule has 0 spiro atoms. The summed E-state index contributed by atoms with van der Waals surface area (Å²) in [6.07, 6.45) is 2.91. The molecule has 0 aliphatic rings. The fourth-order valence-electron chi connectivity index (χ4n) is 9.76. The van der Waals surface area contributed by atoms with Crippen LogP contribution in [0.4, 0.5) is 0 Å². The van der Waals surface area contributed by atoms with E-state index < -0.39 is 24.0 Å². The highest BCUT2D eigenvalue weighted by Gasteiger charge is 2.30. The number of hydrogen-bond acceptors (Lipinski definition) is 10. The predicted octanol–water partition coefficient (Wildman–Crippen LogP) is 11.9.